The fourth-order valence-electron chi connectivity index (χ4n) is 1.99. The molecule has 1 amide bonds. The van der Waals surface area contributed by atoms with Crippen LogP contribution in [0.15, 0.2) is 30.3 Å². The molecule has 5 nitrogen and oxygen atoms in total. The molecule has 21 heavy (non-hydrogen) atoms. The topological polar surface area (TPSA) is 75.6 Å². The summed E-state index contributed by atoms with van der Waals surface area (Å²) in [6.45, 7) is 3.60. The highest BCUT2D eigenvalue weighted by Gasteiger charge is 2.14. The predicted octanol–water partition coefficient (Wildman–Crippen LogP) is 2.93. The van der Waals surface area contributed by atoms with Crippen LogP contribution in [0, 0.1) is 5.92 Å². The van der Waals surface area contributed by atoms with Gasteiger partial charge in [-0.15, -0.1) is 0 Å². The van der Waals surface area contributed by atoms with E-state index in [9.17, 15) is 14.7 Å². The number of rotatable bonds is 3. The second kappa shape index (κ2) is 5.83. The first-order valence-corrected chi connectivity index (χ1v) is 6.58. The first-order chi connectivity index (χ1) is 9.92. The lowest BCUT2D eigenvalue weighted by atomic mass is 10.0. The van der Waals surface area contributed by atoms with Crippen molar-refractivity contribution in [1.82, 2.24) is 0 Å². The number of anilines is 1. The van der Waals surface area contributed by atoms with Crippen molar-refractivity contribution in [2.75, 3.05) is 12.4 Å². The molecule has 0 radical (unpaired) electrons. The van der Waals surface area contributed by atoms with Gasteiger partial charge in [-0.3, -0.25) is 4.79 Å². The van der Waals surface area contributed by atoms with Crippen molar-refractivity contribution in [3.8, 4) is 5.75 Å². The molecule has 0 bridgehead atoms. The van der Waals surface area contributed by atoms with Crippen molar-refractivity contribution in [2.24, 2.45) is 5.92 Å². The first-order valence-electron chi connectivity index (χ1n) is 6.58. The summed E-state index contributed by atoms with van der Waals surface area (Å²) in [5, 5.41) is 13.7. The molecule has 110 valence electrons. The fraction of sp³-hybridized carbons (Fsp3) is 0.250. The Morgan fingerprint density at radius 1 is 1.19 bits per heavy atom. The first kappa shape index (κ1) is 14.8. The van der Waals surface area contributed by atoms with Crippen LogP contribution in [0.3, 0.4) is 0 Å². The minimum Gasteiger partial charge on any atom is -0.508 e. The number of carbonyl (C=O) groups excluding carboxylic acids is 2. The lowest BCUT2D eigenvalue weighted by Gasteiger charge is -2.11. The van der Waals surface area contributed by atoms with Gasteiger partial charge in [-0.2, -0.15) is 0 Å². The van der Waals surface area contributed by atoms with Gasteiger partial charge in [0.2, 0.25) is 5.91 Å². The second-order valence-electron chi connectivity index (χ2n) is 5.06. The van der Waals surface area contributed by atoms with Crippen LogP contribution in [0.25, 0.3) is 10.8 Å². The van der Waals surface area contributed by atoms with E-state index in [-0.39, 0.29) is 23.1 Å². The van der Waals surface area contributed by atoms with Crippen LogP contribution in [-0.2, 0) is 9.53 Å². The van der Waals surface area contributed by atoms with Crippen molar-refractivity contribution in [3.63, 3.8) is 0 Å². The molecule has 0 fully saturated rings. The lowest BCUT2D eigenvalue weighted by Crippen LogP contribution is -2.17. The maximum Gasteiger partial charge on any atom is 0.338 e. The molecule has 0 atom stereocenters. The molecular formula is C16H17NO4. The number of hydrogen-bond acceptors (Lipinski definition) is 4. The maximum atomic E-state index is 11.8. The van der Waals surface area contributed by atoms with E-state index in [1.807, 2.05) is 0 Å². The van der Waals surface area contributed by atoms with E-state index in [1.54, 1.807) is 38.1 Å². The molecule has 0 aliphatic carbocycles. The van der Waals surface area contributed by atoms with Crippen LogP contribution in [-0.4, -0.2) is 24.1 Å². The maximum absolute atomic E-state index is 11.8. The van der Waals surface area contributed by atoms with Crippen LogP contribution < -0.4 is 5.32 Å². The molecule has 0 aromatic heterocycles. The summed E-state index contributed by atoms with van der Waals surface area (Å²) in [5.74, 6) is -0.793. The monoisotopic (exact) mass is 287 g/mol. The van der Waals surface area contributed by atoms with Gasteiger partial charge in [-0.05, 0) is 35.0 Å². The van der Waals surface area contributed by atoms with Gasteiger partial charge in [0.25, 0.3) is 0 Å². The molecule has 2 aromatic rings. The highest BCUT2D eigenvalue weighted by atomic mass is 16.5. The summed E-state index contributed by atoms with van der Waals surface area (Å²) in [7, 11) is 1.28. The van der Waals surface area contributed by atoms with E-state index >= 15 is 0 Å². The Bertz CT molecular complexity index is 707. The predicted molar refractivity (Wildman–Crippen MR) is 80.4 cm³/mol. The van der Waals surface area contributed by atoms with E-state index in [0.717, 1.165) is 0 Å². The SMILES string of the molecule is COC(=O)c1cc(O)cc2ccc(NC(=O)C(C)C)cc12. The molecule has 0 spiro atoms. The van der Waals surface area contributed by atoms with Crippen molar-refractivity contribution >= 4 is 28.3 Å². The molecule has 2 aromatic carbocycles. The zero-order valence-electron chi connectivity index (χ0n) is 12.1. The van der Waals surface area contributed by atoms with Crippen molar-refractivity contribution < 1.29 is 19.4 Å². The number of phenolic OH excluding ortho intramolecular Hbond substituents is 1. The van der Waals surface area contributed by atoms with Gasteiger partial charge in [0.05, 0.1) is 12.7 Å². The standard InChI is InChI=1S/C16H17NO4/c1-9(2)15(19)17-11-5-4-10-6-12(18)8-14(13(10)7-11)16(20)21-3/h4-9,18H,1-3H3,(H,17,19). The Labute approximate surface area is 122 Å². The Hall–Kier alpha value is -2.56. The summed E-state index contributed by atoms with van der Waals surface area (Å²) in [5.41, 5.74) is 0.852. The average molecular weight is 287 g/mol. The summed E-state index contributed by atoms with van der Waals surface area (Å²) in [4.78, 5) is 23.5. The number of phenols is 1. The van der Waals surface area contributed by atoms with Crippen LogP contribution >= 0.6 is 0 Å². The van der Waals surface area contributed by atoms with Crippen LogP contribution in [0.2, 0.25) is 0 Å². The molecule has 0 saturated carbocycles. The Morgan fingerprint density at radius 3 is 2.52 bits per heavy atom. The summed E-state index contributed by atoms with van der Waals surface area (Å²) in [6.07, 6.45) is 0. The Kier molecular flexibility index (Phi) is 4.12. The smallest absolute Gasteiger partial charge is 0.338 e. The van der Waals surface area contributed by atoms with E-state index in [0.29, 0.717) is 16.5 Å². The molecule has 5 heteroatoms. The molecule has 0 aliphatic heterocycles. The van der Waals surface area contributed by atoms with Crippen LogP contribution in [0.1, 0.15) is 24.2 Å². The number of hydrogen-bond donors (Lipinski definition) is 2. The van der Waals surface area contributed by atoms with Gasteiger partial charge in [0, 0.05) is 11.6 Å². The molecule has 2 N–H and O–H groups in total. The minimum atomic E-state index is -0.539. The molecule has 0 aliphatic rings. The largest absolute Gasteiger partial charge is 0.508 e. The third-order valence-corrected chi connectivity index (χ3v) is 3.14. The number of fused-ring (bicyclic) bond motifs is 1. The number of esters is 1. The van der Waals surface area contributed by atoms with E-state index in [4.69, 9.17) is 4.74 Å². The number of methoxy groups -OCH3 is 1. The Morgan fingerprint density at radius 2 is 1.90 bits per heavy atom. The van der Waals surface area contributed by atoms with Crippen LogP contribution in [0.5, 0.6) is 5.75 Å². The number of aromatic hydroxyl groups is 1. The Balaban J connectivity index is 2.52. The third-order valence-electron chi connectivity index (χ3n) is 3.14. The van der Waals surface area contributed by atoms with Gasteiger partial charge >= 0.3 is 5.97 Å². The second-order valence-corrected chi connectivity index (χ2v) is 5.06. The summed E-state index contributed by atoms with van der Waals surface area (Å²) >= 11 is 0. The van der Waals surface area contributed by atoms with Crippen molar-refractivity contribution in [1.29, 1.82) is 0 Å². The number of amides is 1. The number of benzene rings is 2. The summed E-state index contributed by atoms with van der Waals surface area (Å²) < 4.78 is 4.72. The highest BCUT2D eigenvalue weighted by Crippen LogP contribution is 2.28. The van der Waals surface area contributed by atoms with Crippen molar-refractivity contribution in [2.45, 2.75) is 13.8 Å². The lowest BCUT2D eigenvalue weighted by molar-refractivity contribution is -0.118. The van der Waals surface area contributed by atoms with Gasteiger partial charge in [-0.1, -0.05) is 19.9 Å². The number of carbonyl (C=O) groups is 2. The van der Waals surface area contributed by atoms with Crippen LogP contribution in [0.4, 0.5) is 5.69 Å². The van der Waals surface area contributed by atoms with Crippen molar-refractivity contribution in [3.05, 3.63) is 35.9 Å². The molecule has 0 unspecified atom stereocenters. The van der Waals surface area contributed by atoms with Gasteiger partial charge < -0.3 is 15.2 Å². The van der Waals surface area contributed by atoms with E-state index < -0.39 is 5.97 Å². The summed E-state index contributed by atoms with van der Waals surface area (Å²) in [6, 6.07) is 8.06. The molecule has 0 heterocycles. The molecule has 2 rings (SSSR count). The molecule has 0 saturated heterocycles. The van der Waals surface area contributed by atoms with E-state index in [1.165, 1.54) is 13.2 Å². The quantitative estimate of drug-likeness (QED) is 0.851. The number of nitrogens with one attached hydrogen (secondary N) is 1. The minimum absolute atomic E-state index is 0.0122. The molecular weight excluding hydrogens is 270 g/mol. The zero-order valence-corrected chi connectivity index (χ0v) is 12.1. The highest BCUT2D eigenvalue weighted by molar-refractivity contribution is 6.07. The van der Waals surface area contributed by atoms with E-state index in [2.05, 4.69) is 5.32 Å². The zero-order chi connectivity index (χ0) is 15.6. The third kappa shape index (κ3) is 3.13. The van der Waals surface area contributed by atoms with Gasteiger partial charge in [0.15, 0.2) is 0 Å². The average Bonchev–Trinajstić information content (AvgIpc) is 2.45. The van der Waals surface area contributed by atoms with Gasteiger partial charge in [-0.25, -0.2) is 4.79 Å². The fourth-order valence-corrected chi connectivity index (χ4v) is 1.99. The van der Waals surface area contributed by atoms with Gasteiger partial charge in [0.1, 0.15) is 5.75 Å². The number of ether oxygens (including phenoxy) is 1. The normalized spacial score (nSPS) is 10.7.